The molecule has 2 aromatic heterocycles. The van der Waals surface area contributed by atoms with Gasteiger partial charge in [0.1, 0.15) is 30.3 Å². The second kappa shape index (κ2) is 8.12. The summed E-state index contributed by atoms with van der Waals surface area (Å²) in [4.78, 5) is 7.16. The van der Waals surface area contributed by atoms with E-state index in [9.17, 15) is 0 Å². The Kier molecular flexibility index (Phi) is 4.84. The van der Waals surface area contributed by atoms with Crippen LogP contribution in [0.1, 0.15) is 37.2 Å². The van der Waals surface area contributed by atoms with E-state index in [1.807, 2.05) is 12.1 Å². The normalized spacial score (nSPS) is 18.8. The Hall–Kier alpha value is -3.65. The van der Waals surface area contributed by atoms with Crippen molar-refractivity contribution in [2.45, 2.75) is 32.2 Å². The molecule has 0 spiro atoms. The molecule has 1 saturated heterocycles. The summed E-state index contributed by atoms with van der Waals surface area (Å²) in [7, 11) is 0. The summed E-state index contributed by atoms with van der Waals surface area (Å²) in [6.45, 7) is 3.08. The fourth-order valence-electron chi connectivity index (χ4n) is 4.55. The number of hydrogen-bond donors (Lipinski definition) is 2. The van der Waals surface area contributed by atoms with E-state index in [1.54, 1.807) is 12.5 Å². The highest BCUT2D eigenvalue weighted by Crippen LogP contribution is 2.36. The van der Waals surface area contributed by atoms with E-state index in [0.717, 1.165) is 77.4 Å². The molecule has 0 unspecified atom stereocenters. The fraction of sp³-hybridized carbons (Fsp3) is 0.292. The molecule has 1 aromatic carbocycles. The third kappa shape index (κ3) is 3.52. The number of benzene rings is 1. The average Bonchev–Trinajstić information content (AvgIpc) is 3.61. The van der Waals surface area contributed by atoms with Gasteiger partial charge < -0.3 is 9.47 Å². The zero-order valence-corrected chi connectivity index (χ0v) is 17.7. The first-order valence-corrected chi connectivity index (χ1v) is 11.0. The highest BCUT2D eigenvalue weighted by Gasteiger charge is 2.21. The van der Waals surface area contributed by atoms with Gasteiger partial charge in [0.15, 0.2) is 11.6 Å². The van der Waals surface area contributed by atoms with Gasteiger partial charge in [0.25, 0.3) is 0 Å². The number of allylic oxidation sites excluding steroid dienone is 4. The maximum atomic E-state index is 5.71. The van der Waals surface area contributed by atoms with Crippen molar-refractivity contribution >= 4 is 16.5 Å². The molecule has 8 nitrogen and oxygen atoms in total. The van der Waals surface area contributed by atoms with Crippen LogP contribution in [0.25, 0.3) is 27.9 Å². The predicted molar refractivity (Wildman–Crippen MR) is 121 cm³/mol. The van der Waals surface area contributed by atoms with Gasteiger partial charge in [-0.15, -0.1) is 0 Å². The van der Waals surface area contributed by atoms with E-state index >= 15 is 0 Å². The van der Waals surface area contributed by atoms with Gasteiger partial charge in [-0.3, -0.25) is 15.1 Å². The molecule has 8 heteroatoms. The van der Waals surface area contributed by atoms with Gasteiger partial charge in [0, 0.05) is 22.1 Å². The molecule has 2 N–H and O–H groups in total. The Labute approximate surface area is 185 Å². The Bertz CT molecular complexity index is 1270. The van der Waals surface area contributed by atoms with Crippen LogP contribution in [0.5, 0.6) is 0 Å². The van der Waals surface area contributed by atoms with Gasteiger partial charge in [-0.1, -0.05) is 12.2 Å². The molecule has 2 aliphatic heterocycles. The summed E-state index contributed by atoms with van der Waals surface area (Å²) in [6.07, 6.45) is 13.3. The van der Waals surface area contributed by atoms with Crippen molar-refractivity contribution in [3.63, 3.8) is 0 Å². The van der Waals surface area contributed by atoms with Crippen LogP contribution in [0.3, 0.4) is 0 Å². The molecule has 1 fully saturated rings. The zero-order valence-electron chi connectivity index (χ0n) is 17.7. The molecule has 0 saturated carbocycles. The molecule has 162 valence electrons. The van der Waals surface area contributed by atoms with Crippen LogP contribution in [0, 0.1) is 0 Å². The number of nitrogens with zero attached hydrogens (tertiary/aromatic N) is 4. The first-order valence-electron chi connectivity index (χ1n) is 11.0. The maximum absolute atomic E-state index is 5.71. The SMILES string of the molecule is C1=CC(c2n[nH]c3ccc(-c4n[nH]c(CN5CCCC5)n4)cc23)=C(C2=COC=CO2)CC1. The fourth-order valence-corrected chi connectivity index (χ4v) is 4.55. The van der Waals surface area contributed by atoms with Gasteiger partial charge in [-0.05, 0) is 57.0 Å². The molecule has 3 aliphatic rings. The van der Waals surface area contributed by atoms with E-state index < -0.39 is 0 Å². The molecule has 3 aromatic rings. The number of aromatic nitrogens is 5. The Morgan fingerprint density at radius 3 is 2.88 bits per heavy atom. The van der Waals surface area contributed by atoms with Crippen LogP contribution in [-0.2, 0) is 16.0 Å². The van der Waals surface area contributed by atoms with Crippen LogP contribution in [0.2, 0.25) is 0 Å². The van der Waals surface area contributed by atoms with Crippen molar-refractivity contribution in [3.8, 4) is 11.4 Å². The summed E-state index contributed by atoms with van der Waals surface area (Å²) in [5, 5.41) is 16.4. The molecule has 0 bridgehead atoms. The van der Waals surface area contributed by atoms with Crippen molar-refractivity contribution in [1.29, 1.82) is 0 Å². The minimum absolute atomic E-state index is 0.707. The predicted octanol–water partition coefficient (Wildman–Crippen LogP) is 4.41. The topological polar surface area (TPSA) is 92.0 Å². The second-order valence-electron chi connectivity index (χ2n) is 8.26. The monoisotopic (exact) mass is 428 g/mol. The molecule has 0 radical (unpaired) electrons. The molecule has 0 amide bonds. The molecule has 0 atom stereocenters. The first-order chi connectivity index (χ1) is 15.8. The second-order valence-corrected chi connectivity index (χ2v) is 8.26. The maximum Gasteiger partial charge on any atom is 0.181 e. The van der Waals surface area contributed by atoms with Crippen LogP contribution in [0.4, 0.5) is 0 Å². The minimum atomic E-state index is 0.707. The highest BCUT2D eigenvalue weighted by molar-refractivity contribution is 5.96. The quantitative estimate of drug-likeness (QED) is 0.626. The minimum Gasteiger partial charge on any atom is -0.466 e. The molecule has 32 heavy (non-hydrogen) atoms. The lowest BCUT2D eigenvalue weighted by molar-refractivity contribution is 0.262. The van der Waals surface area contributed by atoms with Crippen molar-refractivity contribution in [1.82, 2.24) is 30.3 Å². The van der Waals surface area contributed by atoms with Crippen molar-refractivity contribution in [2.75, 3.05) is 13.1 Å². The molecular formula is C24H24N6O2. The van der Waals surface area contributed by atoms with E-state index in [0.29, 0.717) is 5.82 Å². The standard InChI is InChI=1S/C24H24N6O2/c1-2-6-18(17(5-1)21-15-31-11-12-32-21)23-19-13-16(7-8-20(19)26-28-23)24-25-22(27-29-24)14-30-9-3-4-10-30/h2,6-8,11-13,15H,1,3-5,9-10,14H2,(H,26,28)(H,25,27,29). The van der Waals surface area contributed by atoms with Crippen LogP contribution >= 0.6 is 0 Å². The van der Waals surface area contributed by atoms with Crippen molar-refractivity contribution < 1.29 is 9.47 Å². The number of rotatable bonds is 5. The van der Waals surface area contributed by atoms with E-state index in [-0.39, 0.29) is 0 Å². The molecular weight excluding hydrogens is 404 g/mol. The average molecular weight is 428 g/mol. The smallest absolute Gasteiger partial charge is 0.181 e. The van der Waals surface area contributed by atoms with Gasteiger partial charge >= 0.3 is 0 Å². The van der Waals surface area contributed by atoms with Gasteiger partial charge in [0.2, 0.25) is 0 Å². The summed E-state index contributed by atoms with van der Waals surface area (Å²) in [6, 6.07) is 6.17. The first kappa shape index (κ1) is 19.1. The third-order valence-corrected chi connectivity index (χ3v) is 6.15. The zero-order chi connectivity index (χ0) is 21.3. The summed E-state index contributed by atoms with van der Waals surface area (Å²) < 4.78 is 11.0. The van der Waals surface area contributed by atoms with Gasteiger partial charge in [-0.25, -0.2) is 4.98 Å². The number of fused-ring (bicyclic) bond motifs is 1. The number of aromatic amines is 2. The van der Waals surface area contributed by atoms with Gasteiger partial charge in [-0.2, -0.15) is 10.2 Å². The number of H-pyrrole nitrogens is 2. The summed E-state index contributed by atoms with van der Waals surface area (Å²) >= 11 is 0. The highest BCUT2D eigenvalue weighted by atomic mass is 16.5. The Morgan fingerprint density at radius 2 is 2.00 bits per heavy atom. The van der Waals surface area contributed by atoms with Gasteiger partial charge in [0.05, 0.1) is 12.1 Å². The number of likely N-dealkylation sites (tertiary alicyclic amines) is 1. The van der Waals surface area contributed by atoms with E-state index in [4.69, 9.17) is 14.5 Å². The number of ether oxygens (including phenoxy) is 2. The summed E-state index contributed by atoms with van der Waals surface area (Å²) in [5.41, 5.74) is 4.94. The van der Waals surface area contributed by atoms with Crippen molar-refractivity contribution in [3.05, 3.63) is 72.0 Å². The van der Waals surface area contributed by atoms with E-state index in [2.05, 4.69) is 43.5 Å². The lowest BCUT2D eigenvalue weighted by Gasteiger charge is -2.18. The Morgan fingerprint density at radius 1 is 1.06 bits per heavy atom. The van der Waals surface area contributed by atoms with Crippen LogP contribution in [-0.4, -0.2) is 43.4 Å². The number of nitrogens with one attached hydrogen (secondary N) is 2. The molecule has 4 heterocycles. The molecule has 6 rings (SSSR count). The lowest BCUT2D eigenvalue weighted by atomic mass is 9.92. The van der Waals surface area contributed by atoms with Crippen LogP contribution in [0.15, 0.2) is 60.5 Å². The lowest BCUT2D eigenvalue weighted by Crippen LogP contribution is -2.19. The summed E-state index contributed by atoms with van der Waals surface area (Å²) in [5.74, 6) is 2.34. The third-order valence-electron chi connectivity index (χ3n) is 6.15. The van der Waals surface area contributed by atoms with E-state index in [1.165, 1.54) is 19.1 Å². The Balaban J connectivity index is 1.36. The number of hydrogen-bond acceptors (Lipinski definition) is 6. The van der Waals surface area contributed by atoms with Crippen molar-refractivity contribution in [2.24, 2.45) is 0 Å². The largest absolute Gasteiger partial charge is 0.466 e. The van der Waals surface area contributed by atoms with Crippen LogP contribution < -0.4 is 0 Å². The molecule has 1 aliphatic carbocycles.